The molecule has 0 aromatic heterocycles. The van der Waals surface area contributed by atoms with Gasteiger partial charge in [0.15, 0.2) is 6.10 Å². The summed E-state index contributed by atoms with van der Waals surface area (Å²) in [5.74, 6) is 1.19. The summed E-state index contributed by atoms with van der Waals surface area (Å²) in [5.41, 5.74) is 0.755. The van der Waals surface area contributed by atoms with E-state index in [1.807, 2.05) is 24.3 Å². The van der Waals surface area contributed by atoms with Gasteiger partial charge in [-0.2, -0.15) is 0 Å². The normalized spacial score (nSPS) is 11.6. The van der Waals surface area contributed by atoms with Gasteiger partial charge in [-0.3, -0.25) is 4.79 Å². The van der Waals surface area contributed by atoms with Crippen LogP contribution in [-0.2, 0) is 4.79 Å². The number of amides is 1. The molecule has 21 heavy (non-hydrogen) atoms. The maximum absolute atomic E-state index is 12.1. The molecule has 0 fully saturated rings. The van der Waals surface area contributed by atoms with Crippen LogP contribution in [0, 0.1) is 3.57 Å². The number of carbonyl (C=O) groups excluding carboxylic acids is 1. The molecule has 1 N–H and O–H groups in total. The smallest absolute Gasteiger partial charge is 0.265 e. The van der Waals surface area contributed by atoms with E-state index in [9.17, 15) is 4.79 Å². The number of benzene rings is 2. The second kappa shape index (κ2) is 7.31. The number of carbonyl (C=O) groups is 1. The van der Waals surface area contributed by atoms with Crippen LogP contribution in [-0.4, -0.2) is 19.1 Å². The van der Waals surface area contributed by atoms with Crippen LogP contribution in [0.3, 0.4) is 0 Å². The third-order valence-corrected chi connectivity index (χ3v) is 3.57. The second-order valence-corrected chi connectivity index (χ2v) is 5.68. The van der Waals surface area contributed by atoms with Crippen molar-refractivity contribution in [1.29, 1.82) is 0 Å². The summed E-state index contributed by atoms with van der Waals surface area (Å²) in [4.78, 5) is 12.1. The van der Waals surface area contributed by atoms with Crippen molar-refractivity contribution in [2.45, 2.75) is 13.0 Å². The molecule has 2 aromatic rings. The van der Waals surface area contributed by atoms with Crippen molar-refractivity contribution in [3.05, 3.63) is 52.1 Å². The first kappa shape index (κ1) is 15.6. The van der Waals surface area contributed by atoms with Crippen LogP contribution in [0.1, 0.15) is 6.92 Å². The molecular weight excluding hydrogens is 381 g/mol. The zero-order chi connectivity index (χ0) is 15.2. The van der Waals surface area contributed by atoms with Crippen molar-refractivity contribution >= 4 is 34.2 Å². The molecule has 0 radical (unpaired) electrons. The lowest BCUT2D eigenvalue weighted by Crippen LogP contribution is -2.30. The lowest BCUT2D eigenvalue weighted by molar-refractivity contribution is -0.122. The van der Waals surface area contributed by atoms with Crippen LogP contribution >= 0.6 is 22.6 Å². The largest absolute Gasteiger partial charge is 0.497 e. The lowest BCUT2D eigenvalue weighted by Gasteiger charge is -2.15. The van der Waals surface area contributed by atoms with Gasteiger partial charge in [0, 0.05) is 9.26 Å². The Labute approximate surface area is 137 Å². The Morgan fingerprint density at radius 2 is 1.62 bits per heavy atom. The molecule has 1 atom stereocenters. The fourth-order valence-electron chi connectivity index (χ4n) is 1.69. The van der Waals surface area contributed by atoms with Crippen molar-refractivity contribution in [3.8, 4) is 11.5 Å². The maximum Gasteiger partial charge on any atom is 0.265 e. The fraction of sp³-hybridized carbons (Fsp3) is 0.188. The van der Waals surface area contributed by atoms with Gasteiger partial charge in [-0.15, -0.1) is 0 Å². The highest BCUT2D eigenvalue weighted by Gasteiger charge is 2.14. The van der Waals surface area contributed by atoms with E-state index in [4.69, 9.17) is 9.47 Å². The average Bonchev–Trinajstić information content (AvgIpc) is 2.50. The van der Waals surface area contributed by atoms with Gasteiger partial charge in [0.2, 0.25) is 0 Å². The van der Waals surface area contributed by atoms with E-state index in [-0.39, 0.29) is 5.91 Å². The molecule has 110 valence electrons. The molecule has 0 spiro atoms. The first-order valence-corrected chi connectivity index (χ1v) is 7.53. The minimum atomic E-state index is -0.585. The number of halogens is 1. The molecule has 2 rings (SSSR count). The topological polar surface area (TPSA) is 47.6 Å². The molecule has 0 saturated carbocycles. The fourth-order valence-corrected chi connectivity index (χ4v) is 2.05. The summed E-state index contributed by atoms with van der Waals surface area (Å²) in [6, 6.07) is 14.7. The van der Waals surface area contributed by atoms with Gasteiger partial charge >= 0.3 is 0 Å². The number of ether oxygens (including phenoxy) is 2. The average molecular weight is 397 g/mol. The monoisotopic (exact) mass is 397 g/mol. The van der Waals surface area contributed by atoms with Crippen molar-refractivity contribution < 1.29 is 14.3 Å². The van der Waals surface area contributed by atoms with Crippen molar-refractivity contribution in [2.24, 2.45) is 0 Å². The predicted molar refractivity (Wildman–Crippen MR) is 90.9 cm³/mol. The number of hydrogen-bond donors (Lipinski definition) is 1. The van der Waals surface area contributed by atoms with Gasteiger partial charge in [0.25, 0.3) is 5.91 Å². The molecule has 2 aromatic carbocycles. The number of methoxy groups -OCH3 is 1. The molecule has 1 amide bonds. The quantitative estimate of drug-likeness (QED) is 0.783. The molecule has 0 heterocycles. The minimum Gasteiger partial charge on any atom is -0.497 e. The molecule has 0 aliphatic heterocycles. The predicted octanol–water partition coefficient (Wildman–Crippen LogP) is 3.71. The lowest BCUT2D eigenvalue weighted by atomic mass is 10.3. The molecule has 5 heteroatoms. The van der Waals surface area contributed by atoms with Crippen LogP contribution in [0.4, 0.5) is 5.69 Å². The van der Waals surface area contributed by atoms with E-state index in [0.29, 0.717) is 5.75 Å². The summed E-state index contributed by atoms with van der Waals surface area (Å²) in [6.45, 7) is 1.71. The molecule has 0 aliphatic rings. The molecule has 4 nitrogen and oxygen atoms in total. The molecule has 0 bridgehead atoms. The minimum absolute atomic E-state index is 0.188. The summed E-state index contributed by atoms with van der Waals surface area (Å²) >= 11 is 2.22. The number of hydrogen-bond acceptors (Lipinski definition) is 3. The van der Waals surface area contributed by atoms with Crippen LogP contribution in [0.2, 0.25) is 0 Å². The molecule has 0 aliphatic carbocycles. The number of nitrogens with one attached hydrogen (secondary N) is 1. The second-order valence-electron chi connectivity index (χ2n) is 4.43. The Bertz CT molecular complexity index is 596. The van der Waals surface area contributed by atoms with Crippen LogP contribution in [0.15, 0.2) is 48.5 Å². The van der Waals surface area contributed by atoms with Crippen molar-refractivity contribution in [2.75, 3.05) is 12.4 Å². The third-order valence-electron chi connectivity index (χ3n) is 2.85. The van der Waals surface area contributed by atoms with E-state index in [1.54, 1.807) is 38.3 Å². The van der Waals surface area contributed by atoms with Crippen molar-refractivity contribution in [1.82, 2.24) is 0 Å². The summed E-state index contributed by atoms with van der Waals surface area (Å²) in [5, 5.41) is 2.82. The van der Waals surface area contributed by atoms with Crippen LogP contribution in [0.5, 0.6) is 11.5 Å². The highest BCUT2D eigenvalue weighted by atomic mass is 127. The SMILES string of the molecule is COc1ccc(OC(C)C(=O)Nc2ccc(I)cc2)cc1. The van der Waals surface area contributed by atoms with Gasteiger partial charge in [0.1, 0.15) is 11.5 Å². The highest BCUT2D eigenvalue weighted by molar-refractivity contribution is 14.1. The summed E-state index contributed by atoms with van der Waals surface area (Å²) < 4.78 is 11.8. The van der Waals surface area contributed by atoms with Crippen LogP contribution in [0.25, 0.3) is 0 Å². The Hall–Kier alpha value is -1.76. The van der Waals surface area contributed by atoms with Gasteiger partial charge in [-0.1, -0.05) is 0 Å². The van der Waals surface area contributed by atoms with Gasteiger partial charge in [-0.25, -0.2) is 0 Å². The van der Waals surface area contributed by atoms with E-state index in [0.717, 1.165) is 15.0 Å². The van der Waals surface area contributed by atoms with E-state index >= 15 is 0 Å². The third kappa shape index (κ3) is 4.63. The molecule has 1 unspecified atom stereocenters. The molecular formula is C16H16INO3. The van der Waals surface area contributed by atoms with E-state index in [2.05, 4.69) is 27.9 Å². The summed E-state index contributed by atoms with van der Waals surface area (Å²) in [7, 11) is 1.60. The summed E-state index contributed by atoms with van der Waals surface area (Å²) in [6.07, 6.45) is -0.585. The highest BCUT2D eigenvalue weighted by Crippen LogP contribution is 2.18. The zero-order valence-electron chi connectivity index (χ0n) is 11.8. The number of anilines is 1. The molecule has 0 saturated heterocycles. The maximum atomic E-state index is 12.1. The first-order valence-electron chi connectivity index (χ1n) is 6.45. The zero-order valence-corrected chi connectivity index (χ0v) is 14.0. The standard InChI is InChI=1S/C16H16INO3/c1-11(21-15-9-7-14(20-2)8-10-15)16(19)18-13-5-3-12(17)4-6-13/h3-11H,1-2H3,(H,18,19). The Morgan fingerprint density at radius 1 is 1.05 bits per heavy atom. The van der Waals surface area contributed by atoms with E-state index in [1.165, 1.54) is 0 Å². The van der Waals surface area contributed by atoms with E-state index < -0.39 is 6.10 Å². The van der Waals surface area contributed by atoms with Gasteiger partial charge in [-0.05, 0) is 78.0 Å². The van der Waals surface area contributed by atoms with Crippen LogP contribution < -0.4 is 14.8 Å². The first-order chi connectivity index (χ1) is 10.1. The van der Waals surface area contributed by atoms with Gasteiger partial charge < -0.3 is 14.8 Å². The Morgan fingerprint density at radius 3 is 2.19 bits per heavy atom. The Kier molecular flexibility index (Phi) is 5.44. The van der Waals surface area contributed by atoms with Gasteiger partial charge in [0.05, 0.1) is 7.11 Å². The number of rotatable bonds is 5. The Balaban J connectivity index is 1.93. The van der Waals surface area contributed by atoms with Crippen molar-refractivity contribution in [3.63, 3.8) is 0 Å².